The van der Waals surface area contributed by atoms with E-state index in [2.05, 4.69) is 129 Å². The fraction of sp³-hybridized carbons (Fsp3) is 0. The van der Waals surface area contributed by atoms with Gasteiger partial charge in [-0.3, -0.25) is 9.97 Å². The highest BCUT2D eigenvalue weighted by atomic mass is 79.9. The number of halogens is 1. The molecule has 0 aliphatic heterocycles. The predicted molar refractivity (Wildman–Crippen MR) is 178 cm³/mol. The first kappa shape index (κ1) is 26.6. The standard InChI is InChI=1S/C38H25BrN4/c39-35-22-33(29-16-19-40-20-17-29)21-34(23-35)37-24-36(30-12-8-27(9-13-30)26-5-2-1-3-6-26)42-38(43-37)31-14-10-28(11-15-31)32-7-4-18-41-25-32/h1-25H. The third-order valence-electron chi connectivity index (χ3n) is 7.36. The Morgan fingerprint density at radius 2 is 0.930 bits per heavy atom. The number of rotatable bonds is 6. The smallest absolute Gasteiger partial charge is 0.160 e. The summed E-state index contributed by atoms with van der Waals surface area (Å²) in [7, 11) is 0. The summed E-state index contributed by atoms with van der Waals surface area (Å²) < 4.78 is 0.978. The Morgan fingerprint density at radius 3 is 1.63 bits per heavy atom. The zero-order valence-electron chi connectivity index (χ0n) is 23.1. The number of nitrogens with zero attached hydrogens (tertiary/aromatic N) is 4. The van der Waals surface area contributed by atoms with Gasteiger partial charge in [-0.05, 0) is 75.8 Å². The monoisotopic (exact) mass is 616 g/mol. The van der Waals surface area contributed by atoms with E-state index in [1.54, 1.807) is 6.20 Å². The first-order chi connectivity index (χ1) is 21.2. The Kier molecular flexibility index (Phi) is 7.38. The van der Waals surface area contributed by atoms with Crippen LogP contribution in [0.3, 0.4) is 0 Å². The summed E-state index contributed by atoms with van der Waals surface area (Å²) in [4.78, 5) is 18.6. The summed E-state index contributed by atoms with van der Waals surface area (Å²) in [5, 5.41) is 0. The van der Waals surface area contributed by atoms with Crippen LogP contribution in [0.25, 0.3) is 67.3 Å². The molecule has 0 fully saturated rings. The van der Waals surface area contributed by atoms with E-state index in [1.165, 1.54) is 11.1 Å². The van der Waals surface area contributed by atoms with Crippen molar-refractivity contribution in [1.29, 1.82) is 0 Å². The van der Waals surface area contributed by atoms with Crippen LogP contribution >= 0.6 is 15.9 Å². The summed E-state index contributed by atoms with van der Waals surface area (Å²) in [6.07, 6.45) is 7.28. The molecule has 7 aromatic rings. The van der Waals surface area contributed by atoms with Crippen LogP contribution < -0.4 is 0 Å². The van der Waals surface area contributed by atoms with Crippen molar-refractivity contribution in [2.24, 2.45) is 0 Å². The minimum absolute atomic E-state index is 0.669. The number of hydrogen-bond acceptors (Lipinski definition) is 4. The van der Waals surface area contributed by atoms with E-state index in [9.17, 15) is 0 Å². The summed E-state index contributed by atoms with van der Waals surface area (Å²) >= 11 is 3.73. The maximum absolute atomic E-state index is 5.09. The zero-order valence-corrected chi connectivity index (χ0v) is 24.7. The summed E-state index contributed by atoms with van der Waals surface area (Å²) in [5.41, 5.74) is 11.4. The highest BCUT2D eigenvalue weighted by Gasteiger charge is 2.13. The van der Waals surface area contributed by atoms with Crippen LogP contribution in [0.2, 0.25) is 0 Å². The van der Waals surface area contributed by atoms with Crippen LogP contribution in [0.5, 0.6) is 0 Å². The van der Waals surface area contributed by atoms with Gasteiger partial charge >= 0.3 is 0 Å². The van der Waals surface area contributed by atoms with E-state index in [4.69, 9.17) is 9.97 Å². The second-order valence-corrected chi connectivity index (χ2v) is 11.1. The fourth-order valence-corrected chi connectivity index (χ4v) is 5.62. The molecule has 0 amide bonds. The van der Waals surface area contributed by atoms with E-state index in [0.29, 0.717) is 5.82 Å². The lowest BCUT2D eigenvalue weighted by Crippen LogP contribution is -1.96. The molecule has 3 aromatic heterocycles. The van der Waals surface area contributed by atoms with Gasteiger partial charge in [-0.1, -0.05) is 101 Å². The fourth-order valence-electron chi connectivity index (χ4n) is 5.13. The molecule has 5 heteroatoms. The molecule has 0 aliphatic carbocycles. The van der Waals surface area contributed by atoms with Crippen molar-refractivity contribution < 1.29 is 0 Å². The molecule has 0 unspecified atom stereocenters. The SMILES string of the molecule is Brc1cc(-c2ccncc2)cc(-c2cc(-c3ccc(-c4ccccc4)cc3)nc(-c3ccc(-c4cccnc4)cc3)n2)c1. The van der Waals surface area contributed by atoms with Crippen LogP contribution in [-0.4, -0.2) is 19.9 Å². The Balaban J connectivity index is 1.34. The lowest BCUT2D eigenvalue weighted by atomic mass is 10.00. The van der Waals surface area contributed by atoms with Gasteiger partial charge in [0.1, 0.15) is 0 Å². The quantitative estimate of drug-likeness (QED) is 0.186. The van der Waals surface area contributed by atoms with Crippen molar-refractivity contribution in [2.75, 3.05) is 0 Å². The summed E-state index contributed by atoms with van der Waals surface area (Å²) in [6.45, 7) is 0. The zero-order chi connectivity index (χ0) is 29.0. The molecule has 7 rings (SSSR count). The number of hydrogen-bond donors (Lipinski definition) is 0. The van der Waals surface area contributed by atoms with Crippen molar-refractivity contribution >= 4 is 15.9 Å². The molecule has 43 heavy (non-hydrogen) atoms. The van der Waals surface area contributed by atoms with Gasteiger partial charge in [0.15, 0.2) is 5.82 Å². The average molecular weight is 618 g/mol. The number of pyridine rings is 2. The molecule has 0 aliphatic rings. The molecule has 0 N–H and O–H groups in total. The van der Waals surface area contributed by atoms with Crippen molar-refractivity contribution in [3.8, 4) is 67.3 Å². The molecule has 0 spiro atoms. The largest absolute Gasteiger partial charge is 0.265 e. The molecular formula is C38H25BrN4. The van der Waals surface area contributed by atoms with Crippen LogP contribution in [0.1, 0.15) is 0 Å². The minimum Gasteiger partial charge on any atom is -0.265 e. The summed E-state index contributed by atoms with van der Waals surface area (Å²) in [6, 6.07) is 43.8. The first-order valence-electron chi connectivity index (χ1n) is 14.0. The van der Waals surface area contributed by atoms with Crippen molar-refractivity contribution in [1.82, 2.24) is 19.9 Å². The normalized spacial score (nSPS) is 10.9. The lowest BCUT2D eigenvalue weighted by Gasteiger charge is -2.12. The second kappa shape index (κ2) is 11.9. The van der Waals surface area contributed by atoms with Gasteiger partial charge in [0, 0.05) is 46.0 Å². The molecule has 3 heterocycles. The van der Waals surface area contributed by atoms with Crippen LogP contribution in [-0.2, 0) is 0 Å². The Morgan fingerprint density at radius 1 is 0.372 bits per heavy atom. The van der Waals surface area contributed by atoms with Gasteiger partial charge in [-0.25, -0.2) is 9.97 Å². The van der Waals surface area contributed by atoms with E-state index < -0.39 is 0 Å². The van der Waals surface area contributed by atoms with Gasteiger partial charge in [-0.15, -0.1) is 0 Å². The first-order valence-corrected chi connectivity index (χ1v) is 14.8. The van der Waals surface area contributed by atoms with Crippen LogP contribution in [0.4, 0.5) is 0 Å². The molecule has 0 atom stereocenters. The molecular weight excluding hydrogens is 592 g/mol. The molecule has 4 aromatic carbocycles. The maximum Gasteiger partial charge on any atom is 0.160 e. The van der Waals surface area contributed by atoms with Crippen LogP contribution in [0.15, 0.2) is 157 Å². The lowest BCUT2D eigenvalue weighted by molar-refractivity contribution is 1.18. The highest BCUT2D eigenvalue weighted by molar-refractivity contribution is 9.10. The second-order valence-electron chi connectivity index (χ2n) is 10.2. The third-order valence-corrected chi connectivity index (χ3v) is 7.82. The van der Waals surface area contributed by atoms with E-state index in [0.717, 1.165) is 54.8 Å². The van der Waals surface area contributed by atoms with Gasteiger partial charge in [-0.2, -0.15) is 0 Å². The van der Waals surface area contributed by atoms with Gasteiger partial charge in [0.25, 0.3) is 0 Å². The van der Waals surface area contributed by atoms with Crippen molar-refractivity contribution in [3.63, 3.8) is 0 Å². The van der Waals surface area contributed by atoms with Crippen LogP contribution in [0, 0.1) is 0 Å². The molecule has 0 saturated carbocycles. The average Bonchev–Trinajstić information content (AvgIpc) is 3.09. The molecule has 204 valence electrons. The molecule has 0 radical (unpaired) electrons. The molecule has 0 bridgehead atoms. The third kappa shape index (κ3) is 5.89. The van der Waals surface area contributed by atoms with Gasteiger partial charge < -0.3 is 0 Å². The molecule has 4 nitrogen and oxygen atoms in total. The predicted octanol–water partition coefficient (Wildman–Crippen LogP) is 10.0. The Labute approximate surface area is 259 Å². The maximum atomic E-state index is 5.09. The van der Waals surface area contributed by atoms with Crippen molar-refractivity contribution in [2.45, 2.75) is 0 Å². The number of aromatic nitrogens is 4. The van der Waals surface area contributed by atoms with E-state index in [-0.39, 0.29) is 0 Å². The van der Waals surface area contributed by atoms with Gasteiger partial charge in [0.05, 0.1) is 11.4 Å². The van der Waals surface area contributed by atoms with E-state index >= 15 is 0 Å². The summed E-state index contributed by atoms with van der Waals surface area (Å²) in [5.74, 6) is 0.669. The minimum atomic E-state index is 0.669. The highest BCUT2D eigenvalue weighted by Crippen LogP contribution is 2.33. The van der Waals surface area contributed by atoms with Crippen molar-refractivity contribution in [3.05, 3.63) is 157 Å². The number of benzene rings is 4. The van der Waals surface area contributed by atoms with Gasteiger partial charge in [0.2, 0.25) is 0 Å². The Bertz CT molecular complexity index is 1890. The van der Waals surface area contributed by atoms with E-state index in [1.807, 2.05) is 42.9 Å². The topological polar surface area (TPSA) is 51.6 Å². The molecule has 0 saturated heterocycles. The Hall–Kier alpha value is -5.26.